The van der Waals surface area contributed by atoms with Crippen LogP contribution in [0.2, 0.25) is 0 Å². The van der Waals surface area contributed by atoms with E-state index < -0.39 is 5.54 Å². The normalized spacial score (nSPS) is 20.3. The summed E-state index contributed by atoms with van der Waals surface area (Å²) in [4.78, 5) is 12.2. The lowest BCUT2D eigenvalue weighted by Gasteiger charge is -2.26. The minimum atomic E-state index is -0.673. The average molecular weight is 352 g/mol. The van der Waals surface area contributed by atoms with E-state index in [1.165, 1.54) is 35.9 Å². The van der Waals surface area contributed by atoms with Crippen LogP contribution in [0.1, 0.15) is 51.4 Å². The summed E-state index contributed by atoms with van der Waals surface area (Å²) < 4.78 is 0.787. The first-order chi connectivity index (χ1) is 11.2. The summed E-state index contributed by atoms with van der Waals surface area (Å²) >= 11 is 2.87. The van der Waals surface area contributed by atoms with Crippen LogP contribution in [0.4, 0.5) is 5.13 Å². The number of aromatic nitrogens is 2. The molecule has 0 radical (unpaired) electrons. The smallest absolute Gasteiger partial charge is 0.231 e. The second-order valence-corrected chi connectivity index (χ2v) is 8.44. The number of hydrogen-bond acceptors (Lipinski definition) is 7. The van der Waals surface area contributed by atoms with Crippen molar-refractivity contribution in [3.05, 3.63) is 0 Å². The van der Waals surface area contributed by atoms with Crippen LogP contribution in [0.3, 0.4) is 0 Å². The van der Waals surface area contributed by atoms with Crippen LogP contribution in [0.15, 0.2) is 4.34 Å². The molecule has 0 aliphatic heterocycles. The molecule has 2 fully saturated rings. The molecule has 0 unspecified atom stereocenters. The molecule has 2 saturated carbocycles. The maximum absolute atomic E-state index is 12.2. The van der Waals surface area contributed by atoms with E-state index >= 15 is 0 Å². The fourth-order valence-corrected chi connectivity index (χ4v) is 4.38. The SMILES string of the molecule is N#CC1(NC(=O)CSc2nnc(NC3CC3)s2)CCCCCC1. The lowest BCUT2D eigenvalue weighted by molar-refractivity contribution is -0.120. The molecule has 0 bridgehead atoms. The minimum absolute atomic E-state index is 0.0923. The molecule has 0 atom stereocenters. The van der Waals surface area contributed by atoms with Crippen LogP contribution in [-0.2, 0) is 4.79 Å². The fraction of sp³-hybridized carbons (Fsp3) is 0.733. The molecule has 6 nitrogen and oxygen atoms in total. The highest BCUT2D eigenvalue weighted by Gasteiger charge is 2.32. The summed E-state index contributed by atoms with van der Waals surface area (Å²) in [6.45, 7) is 0. The molecule has 23 heavy (non-hydrogen) atoms. The summed E-state index contributed by atoms with van der Waals surface area (Å²) in [5, 5.41) is 24.8. The van der Waals surface area contributed by atoms with Crippen molar-refractivity contribution in [3.63, 3.8) is 0 Å². The van der Waals surface area contributed by atoms with Gasteiger partial charge in [-0.25, -0.2) is 0 Å². The molecule has 1 aromatic heterocycles. The summed E-state index contributed by atoms with van der Waals surface area (Å²) in [7, 11) is 0. The number of anilines is 1. The third-order valence-electron chi connectivity index (χ3n) is 4.19. The minimum Gasteiger partial charge on any atom is -0.357 e. The van der Waals surface area contributed by atoms with E-state index in [1.807, 2.05) is 0 Å². The van der Waals surface area contributed by atoms with E-state index in [1.54, 1.807) is 0 Å². The van der Waals surface area contributed by atoms with Gasteiger partial charge in [0.1, 0.15) is 5.54 Å². The van der Waals surface area contributed by atoms with Crippen LogP contribution in [0.5, 0.6) is 0 Å². The Kier molecular flexibility index (Phi) is 5.38. The maximum Gasteiger partial charge on any atom is 0.231 e. The van der Waals surface area contributed by atoms with Gasteiger partial charge in [-0.3, -0.25) is 4.79 Å². The van der Waals surface area contributed by atoms with E-state index in [2.05, 4.69) is 26.9 Å². The number of amides is 1. The fourth-order valence-electron chi connectivity index (χ4n) is 2.76. The average Bonchev–Trinajstić information content (AvgIpc) is 3.29. The maximum atomic E-state index is 12.2. The highest BCUT2D eigenvalue weighted by molar-refractivity contribution is 8.01. The predicted molar refractivity (Wildman–Crippen MR) is 91.5 cm³/mol. The first-order valence-corrected chi connectivity index (χ1v) is 9.94. The molecular formula is C15H21N5OS2. The second-order valence-electron chi connectivity index (χ2n) is 6.24. The number of nitrogens with one attached hydrogen (secondary N) is 2. The van der Waals surface area contributed by atoms with Crippen LogP contribution in [-0.4, -0.2) is 33.4 Å². The molecular weight excluding hydrogens is 330 g/mol. The Morgan fingerprint density at radius 2 is 2.04 bits per heavy atom. The number of thioether (sulfide) groups is 1. The van der Waals surface area contributed by atoms with E-state index in [0.29, 0.717) is 6.04 Å². The highest BCUT2D eigenvalue weighted by Crippen LogP contribution is 2.30. The van der Waals surface area contributed by atoms with Gasteiger partial charge >= 0.3 is 0 Å². The van der Waals surface area contributed by atoms with Crippen molar-refractivity contribution in [1.29, 1.82) is 5.26 Å². The standard InChI is InChI=1S/C15H21N5OS2/c16-10-15(7-3-1-2-4-8-15)18-12(21)9-22-14-20-19-13(23-14)17-11-5-6-11/h11H,1-9H2,(H,17,19)(H,18,21). The van der Waals surface area contributed by atoms with Crippen molar-refractivity contribution < 1.29 is 4.79 Å². The third kappa shape index (κ3) is 4.82. The first kappa shape index (κ1) is 16.5. The molecule has 0 aromatic carbocycles. The number of hydrogen-bond donors (Lipinski definition) is 2. The number of rotatable bonds is 6. The van der Waals surface area contributed by atoms with Gasteiger partial charge in [-0.15, -0.1) is 10.2 Å². The first-order valence-electron chi connectivity index (χ1n) is 8.14. The van der Waals surface area contributed by atoms with Crippen LogP contribution < -0.4 is 10.6 Å². The van der Waals surface area contributed by atoms with Crippen LogP contribution >= 0.6 is 23.1 Å². The zero-order valence-electron chi connectivity index (χ0n) is 13.0. The largest absolute Gasteiger partial charge is 0.357 e. The summed E-state index contributed by atoms with van der Waals surface area (Å²) in [5.74, 6) is 0.187. The van der Waals surface area contributed by atoms with Crippen molar-refractivity contribution in [2.75, 3.05) is 11.1 Å². The van der Waals surface area contributed by atoms with Crippen molar-refractivity contribution in [1.82, 2.24) is 15.5 Å². The van der Waals surface area contributed by atoms with E-state index in [0.717, 1.165) is 48.0 Å². The van der Waals surface area contributed by atoms with Crippen molar-refractivity contribution in [2.45, 2.75) is 67.3 Å². The van der Waals surface area contributed by atoms with Gasteiger partial charge in [-0.1, -0.05) is 48.8 Å². The van der Waals surface area contributed by atoms with E-state index in [-0.39, 0.29) is 11.7 Å². The summed E-state index contributed by atoms with van der Waals surface area (Å²) in [6.07, 6.45) is 8.22. The molecule has 1 aromatic rings. The lowest BCUT2D eigenvalue weighted by Crippen LogP contribution is -2.47. The monoisotopic (exact) mass is 351 g/mol. The molecule has 3 rings (SSSR count). The molecule has 8 heteroatoms. The van der Waals surface area contributed by atoms with Gasteiger partial charge in [0, 0.05) is 6.04 Å². The zero-order valence-corrected chi connectivity index (χ0v) is 14.6. The van der Waals surface area contributed by atoms with Crippen molar-refractivity contribution >= 4 is 34.1 Å². The summed E-state index contributed by atoms with van der Waals surface area (Å²) in [5.41, 5.74) is -0.673. The topological polar surface area (TPSA) is 90.7 Å². The Balaban J connectivity index is 1.48. The van der Waals surface area contributed by atoms with Crippen molar-refractivity contribution in [3.8, 4) is 6.07 Å². The highest BCUT2D eigenvalue weighted by atomic mass is 32.2. The van der Waals surface area contributed by atoms with E-state index in [4.69, 9.17) is 0 Å². The van der Waals surface area contributed by atoms with Gasteiger partial charge in [0.15, 0.2) is 4.34 Å². The molecule has 0 saturated heterocycles. The Morgan fingerprint density at radius 3 is 2.70 bits per heavy atom. The molecule has 124 valence electrons. The number of nitrogens with zero attached hydrogens (tertiary/aromatic N) is 3. The Morgan fingerprint density at radius 1 is 1.30 bits per heavy atom. The Bertz CT molecular complexity index is 585. The second kappa shape index (κ2) is 7.49. The molecule has 2 aliphatic carbocycles. The van der Waals surface area contributed by atoms with E-state index in [9.17, 15) is 10.1 Å². The van der Waals surface area contributed by atoms with Gasteiger partial charge in [0.25, 0.3) is 0 Å². The molecule has 1 heterocycles. The van der Waals surface area contributed by atoms with Crippen LogP contribution in [0, 0.1) is 11.3 Å². The van der Waals surface area contributed by atoms with Gasteiger partial charge in [0.2, 0.25) is 11.0 Å². The molecule has 0 spiro atoms. The molecule has 1 amide bonds. The molecule has 2 N–H and O–H groups in total. The van der Waals surface area contributed by atoms with Gasteiger partial charge in [0.05, 0.1) is 11.8 Å². The molecule has 2 aliphatic rings. The van der Waals surface area contributed by atoms with Crippen LogP contribution in [0.25, 0.3) is 0 Å². The Hall–Kier alpha value is -1.33. The van der Waals surface area contributed by atoms with Crippen molar-refractivity contribution in [2.24, 2.45) is 0 Å². The zero-order chi connectivity index (χ0) is 16.1. The van der Waals surface area contributed by atoms with Gasteiger partial charge < -0.3 is 10.6 Å². The summed E-state index contributed by atoms with van der Waals surface area (Å²) in [6, 6.07) is 2.89. The Labute approximate surface area is 144 Å². The number of carbonyl (C=O) groups is 1. The predicted octanol–water partition coefficient (Wildman–Crippen LogP) is 2.94. The quantitative estimate of drug-likeness (QED) is 0.605. The number of nitriles is 1. The lowest BCUT2D eigenvalue weighted by atomic mass is 9.92. The van der Waals surface area contributed by atoms with Gasteiger partial charge in [-0.05, 0) is 25.7 Å². The third-order valence-corrected chi connectivity index (χ3v) is 6.18. The number of carbonyl (C=O) groups excluding carboxylic acids is 1. The van der Waals surface area contributed by atoms with Gasteiger partial charge in [-0.2, -0.15) is 5.26 Å².